The fourth-order valence-corrected chi connectivity index (χ4v) is 0.744. The molecule has 0 aromatic rings. The maximum atomic E-state index is 11.1. The highest BCUT2D eigenvalue weighted by atomic mass is 16.7. The van der Waals surface area contributed by atoms with E-state index in [-0.39, 0.29) is 19.3 Å². The van der Waals surface area contributed by atoms with Crippen LogP contribution >= 0.6 is 0 Å². The van der Waals surface area contributed by atoms with Crippen LogP contribution in [0.3, 0.4) is 0 Å². The molecule has 0 aliphatic carbocycles. The summed E-state index contributed by atoms with van der Waals surface area (Å²) in [5, 5.41) is 0. The van der Waals surface area contributed by atoms with E-state index in [1.165, 1.54) is 7.11 Å². The Hall–Kier alpha value is -1.56. The minimum atomic E-state index is -0.823. The molecular weight excluding hydrogens is 228 g/mol. The Morgan fingerprint density at radius 1 is 1.18 bits per heavy atom. The van der Waals surface area contributed by atoms with Crippen LogP contribution < -0.4 is 0 Å². The Labute approximate surface area is 100 Å². The van der Waals surface area contributed by atoms with Crippen LogP contribution in [-0.4, -0.2) is 44.7 Å². The Balaban J connectivity index is 3.72. The van der Waals surface area contributed by atoms with Crippen molar-refractivity contribution in [3.05, 3.63) is 12.7 Å². The molecule has 0 rings (SSSR count). The van der Waals surface area contributed by atoms with Crippen LogP contribution in [0.15, 0.2) is 12.7 Å². The fraction of sp³-hybridized carbons (Fsp3) is 0.636. The van der Waals surface area contributed by atoms with Gasteiger partial charge < -0.3 is 18.9 Å². The van der Waals surface area contributed by atoms with Crippen LogP contribution in [0, 0.1) is 0 Å². The van der Waals surface area contributed by atoms with Crippen molar-refractivity contribution in [2.75, 3.05) is 20.3 Å². The summed E-state index contributed by atoms with van der Waals surface area (Å²) in [5.41, 5.74) is 0. The third kappa shape index (κ3) is 8.27. The number of esters is 1. The zero-order valence-corrected chi connectivity index (χ0v) is 10.3. The average molecular weight is 246 g/mol. The van der Waals surface area contributed by atoms with Crippen LogP contribution in [0.5, 0.6) is 0 Å². The van der Waals surface area contributed by atoms with E-state index < -0.39 is 18.2 Å². The summed E-state index contributed by atoms with van der Waals surface area (Å²) in [6, 6.07) is 0. The molecule has 0 spiro atoms. The van der Waals surface area contributed by atoms with Gasteiger partial charge in [-0.25, -0.2) is 9.59 Å². The average Bonchev–Trinajstić information content (AvgIpc) is 2.32. The van der Waals surface area contributed by atoms with Gasteiger partial charge in [0.25, 0.3) is 0 Å². The molecule has 0 fully saturated rings. The molecule has 2 atom stereocenters. The van der Waals surface area contributed by atoms with Gasteiger partial charge in [0.15, 0.2) is 0 Å². The molecule has 0 saturated carbocycles. The van der Waals surface area contributed by atoms with E-state index in [0.717, 1.165) is 6.08 Å². The van der Waals surface area contributed by atoms with Crippen LogP contribution in [0.2, 0.25) is 0 Å². The van der Waals surface area contributed by atoms with Gasteiger partial charge in [0.05, 0.1) is 6.10 Å². The highest BCUT2D eigenvalue weighted by molar-refractivity contribution is 5.81. The molecule has 6 nitrogen and oxygen atoms in total. The number of carbonyl (C=O) groups excluding carboxylic acids is 2. The first kappa shape index (κ1) is 15.4. The number of carbonyl (C=O) groups is 2. The van der Waals surface area contributed by atoms with E-state index in [1.807, 2.05) is 0 Å². The normalized spacial score (nSPS) is 13.4. The SMILES string of the molecule is C=CC(=O)OCC(C)OC(=O)OCC(C)OC. The Kier molecular flexibility index (Phi) is 7.79. The summed E-state index contributed by atoms with van der Waals surface area (Å²) in [5.74, 6) is -0.568. The van der Waals surface area contributed by atoms with E-state index in [2.05, 4.69) is 11.3 Å². The standard InChI is InChI=1S/C11H18O6/c1-5-10(12)15-7-9(3)17-11(13)16-6-8(2)14-4/h5,8-9H,1,6-7H2,2-4H3. The molecule has 0 aliphatic rings. The second-order valence-electron chi connectivity index (χ2n) is 3.37. The summed E-state index contributed by atoms with van der Waals surface area (Å²) in [6.07, 6.45) is -0.567. The van der Waals surface area contributed by atoms with Crippen LogP contribution in [0.25, 0.3) is 0 Å². The summed E-state index contributed by atoms with van der Waals surface area (Å²) in [4.78, 5) is 21.9. The number of methoxy groups -OCH3 is 1. The van der Waals surface area contributed by atoms with E-state index >= 15 is 0 Å². The highest BCUT2D eigenvalue weighted by Gasteiger charge is 2.13. The number of ether oxygens (including phenoxy) is 4. The minimum Gasteiger partial charge on any atom is -0.459 e. The molecule has 0 aromatic heterocycles. The molecule has 6 heteroatoms. The van der Waals surface area contributed by atoms with Crippen LogP contribution in [0.4, 0.5) is 4.79 Å². The molecule has 0 bridgehead atoms. The number of hydrogen-bond acceptors (Lipinski definition) is 6. The second kappa shape index (κ2) is 8.58. The Morgan fingerprint density at radius 2 is 1.76 bits per heavy atom. The highest BCUT2D eigenvalue weighted by Crippen LogP contribution is 1.98. The number of hydrogen-bond donors (Lipinski definition) is 0. The van der Waals surface area contributed by atoms with Crippen molar-refractivity contribution in [3.8, 4) is 0 Å². The van der Waals surface area contributed by atoms with Gasteiger partial charge in [0.2, 0.25) is 0 Å². The van der Waals surface area contributed by atoms with Crippen molar-refractivity contribution in [3.63, 3.8) is 0 Å². The maximum absolute atomic E-state index is 11.1. The van der Waals surface area contributed by atoms with E-state index in [4.69, 9.17) is 14.2 Å². The molecule has 0 N–H and O–H groups in total. The Morgan fingerprint density at radius 3 is 2.29 bits per heavy atom. The van der Waals surface area contributed by atoms with Crippen molar-refractivity contribution < 1.29 is 28.5 Å². The molecule has 0 radical (unpaired) electrons. The van der Waals surface area contributed by atoms with Gasteiger partial charge in [-0.2, -0.15) is 0 Å². The zero-order valence-electron chi connectivity index (χ0n) is 10.3. The quantitative estimate of drug-likeness (QED) is 0.498. The number of rotatable bonds is 7. The van der Waals surface area contributed by atoms with E-state index in [1.54, 1.807) is 13.8 Å². The van der Waals surface area contributed by atoms with Gasteiger partial charge in [0.1, 0.15) is 19.3 Å². The molecule has 0 aliphatic heterocycles. The molecular formula is C11H18O6. The van der Waals surface area contributed by atoms with Gasteiger partial charge in [-0.15, -0.1) is 0 Å². The molecule has 2 unspecified atom stereocenters. The molecule has 0 saturated heterocycles. The van der Waals surface area contributed by atoms with Crippen molar-refractivity contribution in [2.45, 2.75) is 26.1 Å². The van der Waals surface area contributed by atoms with Gasteiger partial charge in [-0.05, 0) is 13.8 Å². The summed E-state index contributed by atoms with van der Waals surface area (Å²) < 4.78 is 19.1. The van der Waals surface area contributed by atoms with E-state index in [0.29, 0.717) is 0 Å². The second-order valence-corrected chi connectivity index (χ2v) is 3.37. The third-order valence-electron chi connectivity index (χ3n) is 1.76. The van der Waals surface area contributed by atoms with Crippen molar-refractivity contribution >= 4 is 12.1 Å². The topological polar surface area (TPSA) is 71.1 Å². The van der Waals surface area contributed by atoms with Gasteiger partial charge in [-0.3, -0.25) is 0 Å². The lowest BCUT2D eigenvalue weighted by Gasteiger charge is -2.14. The predicted octanol–water partition coefficient (Wildman–Crippen LogP) is 1.29. The third-order valence-corrected chi connectivity index (χ3v) is 1.76. The molecule has 0 heterocycles. The van der Waals surface area contributed by atoms with Crippen molar-refractivity contribution in [1.29, 1.82) is 0 Å². The molecule has 17 heavy (non-hydrogen) atoms. The van der Waals surface area contributed by atoms with Crippen molar-refractivity contribution in [2.24, 2.45) is 0 Å². The molecule has 0 amide bonds. The summed E-state index contributed by atoms with van der Waals surface area (Å²) in [7, 11) is 1.51. The van der Waals surface area contributed by atoms with Crippen LogP contribution in [0.1, 0.15) is 13.8 Å². The first-order valence-corrected chi connectivity index (χ1v) is 5.15. The fourth-order valence-electron chi connectivity index (χ4n) is 0.744. The minimum absolute atomic E-state index is 0.0419. The Bertz CT molecular complexity index is 263. The van der Waals surface area contributed by atoms with Crippen molar-refractivity contribution in [1.82, 2.24) is 0 Å². The summed E-state index contributed by atoms with van der Waals surface area (Å²) in [6.45, 7) is 6.63. The lowest BCUT2D eigenvalue weighted by atomic mass is 10.4. The monoisotopic (exact) mass is 246 g/mol. The lowest BCUT2D eigenvalue weighted by molar-refractivity contribution is -0.141. The molecule has 0 aromatic carbocycles. The van der Waals surface area contributed by atoms with Gasteiger partial charge in [0, 0.05) is 13.2 Å². The summed E-state index contributed by atoms with van der Waals surface area (Å²) >= 11 is 0. The largest absolute Gasteiger partial charge is 0.508 e. The first-order valence-electron chi connectivity index (χ1n) is 5.15. The molecule has 98 valence electrons. The van der Waals surface area contributed by atoms with Gasteiger partial charge >= 0.3 is 12.1 Å². The maximum Gasteiger partial charge on any atom is 0.508 e. The first-order chi connectivity index (χ1) is 7.99. The van der Waals surface area contributed by atoms with E-state index in [9.17, 15) is 9.59 Å². The smallest absolute Gasteiger partial charge is 0.459 e. The lowest BCUT2D eigenvalue weighted by Crippen LogP contribution is -2.24. The zero-order chi connectivity index (χ0) is 13.3. The van der Waals surface area contributed by atoms with Crippen LogP contribution in [-0.2, 0) is 23.7 Å². The van der Waals surface area contributed by atoms with Gasteiger partial charge in [-0.1, -0.05) is 6.58 Å². The predicted molar refractivity (Wildman–Crippen MR) is 59.5 cm³/mol.